The van der Waals surface area contributed by atoms with Crippen molar-refractivity contribution in [1.82, 2.24) is 20.0 Å². The smallest absolute Gasteiger partial charge is 0.272 e. The number of rotatable bonds is 6. The predicted molar refractivity (Wildman–Crippen MR) is 93.5 cm³/mol. The highest BCUT2D eigenvalue weighted by Gasteiger charge is 2.26. The monoisotopic (exact) mass is 327 g/mol. The van der Waals surface area contributed by atoms with E-state index >= 15 is 0 Å². The molecule has 128 valence electrons. The van der Waals surface area contributed by atoms with E-state index in [0.717, 1.165) is 38.0 Å². The molecule has 3 rings (SSSR count). The average Bonchev–Trinajstić information content (AvgIpc) is 2.92. The van der Waals surface area contributed by atoms with Gasteiger partial charge < -0.3 is 11.1 Å². The summed E-state index contributed by atoms with van der Waals surface area (Å²) in [6.45, 7) is 3.80. The number of nitrogens with zero attached hydrogens (tertiary/aromatic N) is 3. The number of hydrogen-bond acceptors (Lipinski definition) is 4. The summed E-state index contributed by atoms with van der Waals surface area (Å²) in [5, 5.41) is 7.37. The van der Waals surface area contributed by atoms with Gasteiger partial charge in [-0.3, -0.25) is 14.4 Å². The van der Waals surface area contributed by atoms with Gasteiger partial charge in [0.15, 0.2) is 5.69 Å². The van der Waals surface area contributed by atoms with Crippen molar-refractivity contribution in [2.24, 2.45) is 12.8 Å². The molecule has 0 fully saturated rings. The maximum Gasteiger partial charge on any atom is 0.272 e. The van der Waals surface area contributed by atoms with Crippen molar-refractivity contribution in [3.05, 3.63) is 52.8 Å². The Bertz CT molecular complexity index is 695. The second-order valence-corrected chi connectivity index (χ2v) is 6.24. The average molecular weight is 327 g/mol. The number of benzene rings is 1. The molecule has 0 spiro atoms. The van der Waals surface area contributed by atoms with Gasteiger partial charge in [-0.05, 0) is 18.5 Å². The summed E-state index contributed by atoms with van der Waals surface area (Å²) in [6, 6.07) is 10.4. The molecule has 1 aromatic heterocycles. The van der Waals surface area contributed by atoms with Crippen LogP contribution in [0.4, 0.5) is 0 Å². The summed E-state index contributed by atoms with van der Waals surface area (Å²) < 4.78 is 1.85. The van der Waals surface area contributed by atoms with Gasteiger partial charge in [0.05, 0.1) is 0 Å². The van der Waals surface area contributed by atoms with Gasteiger partial charge in [0.2, 0.25) is 0 Å². The van der Waals surface area contributed by atoms with Crippen LogP contribution < -0.4 is 11.1 Å². The van der Waals surface area contributed by atoms with E-state index in [4.69, 9.17) is 5.73 Å². The van der Waals surface area contributed by atoms with Crippen LogP contribution in [0.1, 0.15) is 33.7 Å². The van der Waals surface area contributed by atoms with Gasteiger partial charge in [0, 0.05) is 50.9 Å². The summed E-state index contributed by atoms with van der Waals surface area (Å²) in [4.78, 5) is 14.8. The number of aryl methyl sites for hydroxylation is 1. The molecule has 0 radical (unpaired) electrons. The number of nitrogens with one attached hydrogen (secondary N) is 1. The molecule has 2 aromatic rings. The molecule has 0 saturated carbocycles. The number of carbonyl (C=O) groups excluding carboxylic acids is 1. The minimum atomic E-state index is -0.0955. The molecule has 0 atom stereocenters. The number of carbonyl (C=O) groups is 1. The van der Waals surface area contributed by atoms with Crippen molar-refractivity contribution in [3.8, 4) is 0 Å². The Hall–Kier alpha value is -2.18. The van der Waals surface area contributed by atoms with Crippen molar-refractivity contribution in [3.63, 3.8) is 0 Å². The minimum absolute atomic E-state index is 0.0955. The number of aromatic nitrogens is 2. The molecule has 1 amide bonds. The lowest BCUT2D eigenvalue weighted by atomic mass is 10.0. The van der Waals surface area contributed by atoms with E-state index in [1.165, 1.54) is 11.3 Å². The van der Waals surface area contributed by atoms with Crippen molar-refractivity contribution in [2.45, 2.75) is 25.9 Å². The first-order chi connectivity index (χ1) is 11.7. The van der Waals surface area contributed by atoms with E-state index in [9.17, 15) is 4.79 Å². The quantitative estimate of drug-likeness (QED) is 0.778. The highest BCUT2D eigenvalue weighted by atomic mass is 16.1. The number of amides is 1. The van der Waals surface area contributed by atoms with Gasteiger partial charge in [-0.15, -0.1) is 0 Å². The van der Waals surface area contributed by atoms with Gasteiger partial charge in [0.25, 0.3) is 5.91 Å². The first kappa shape index (κ1) is 16.7. The molecule has 3 N–H and O–H groups in total. The van der Waals surface area contributed by atoms with E-state index in [-0.39, 0.29) is 5.91 Å². The maximum absolute atomic E-state index is 12.4. The molecule has 0 saturated heterocycles. The number of nitrogens with two attached hydrogens (primary N) is 1. The Kier molecular flexibility index (Phi) is 5.27. The zero-order chi connectivity index (χ0) is 16.9. The normalized spacial score (nSPS) is 14.4. The number of hydrogen-bond donors (Lipinski definition) is 2. The van der Waals surface area contributed by atoms with Crippen molar-refractivity contribution in [2.75, 3.05) is 19.6 Å². The molecule has 0 bridgehead atoms. The molecule has 1 aliphatic rings. The van der Waals surface area contributed by atoms with Crippen molar-refractivity contribution < 1.29 is 4.79 Å². The lowest BCUT2D eigenvalue weighted by molar-refractivity contribution is 0.0945. The van der Waals surface area contributed by atoms with Crippen LogP contribution in [0.3, 0.4) is 0 Å². The first-order valence-corrected chi connectivity index (χ1v) is 8.48. The van der Waals surface area contributed by atoms with E-state index in [1.807, 2.05) is 17.8 Å². The highest BCUT2D eigenvalue weighted by molar-refractivity contribution is 5.94. The second kappa shape index (κ2) is 7.59. The molecular weight excluding hydrogens is 302 g/mol. The first-order valence-electron chi connectivity index (χ1n) is 8.48. The van der Waals surface area contributed by atoms with Crippen molar-refractivity contribution in [1.29, 1.82) is 0 Å². The Balaban J connectivity index is 1.73. The van der Waals surface area contributed by atoms with Crippen LogP contribution in [0.2, 0.25) is 0 Å². The number of fused-ring (bicyclic) bond motifs is 1. The van der Waals surface area contributed by atoms with Crippen LogP contribution in [-0.4, -0.2) is 40.2 Å². The Morgan fingerprint density at radius 2 is 2.12 bits per heavy atom. The fourth-order valence-electron chi connectivity index (χ4n) is 3.19. The third-order valence-electron chi connectivity index (χ3n) is 4.45. The van der Waals surface area contributed by atoms with Gasteiger partial charge in [0.1, 0.15) is 0 Å². The van der Waals surface area contributed by atoms with Crippen LogP contribution in [0.15, 0.2) is 30.3 Å². The fourth-order valence-corrected chi connectivity index (χ4v) is 3.19. The second-order valence-electron chi connectivity index (χ2n) is 6.24. The zero-order valence-electron chi connectivity index (χ0n) is 14.2. The topological polar surface area (TPSA) is 76.2 Å². The van der Waals surface area contributed by atoms with Gasteiger partial charge >= 0.3 is 0 Å². The summed E-state index contributed by atoms with van der Waals surface area (Å²) in [6.07, 6.45) is 1.70. The van der Waals surface area contributed by atoms with Crippen LogP contribution >= 0.6 is 0 Å². The van der Waals surface area contributed by atoms with Crippen molar-refractivity contribution >= 4 is 5.91 Å². The predicted octanol–water partition coefficient (Wildman–Crippen LogP) is 1.06. The third-order valence-corrected chi connectivity index (χ3v) is 4.45. The lowest BCUT2D eigenvalue weighted by Crippen LogP contribution is -2.32. The summed E-state index contributed by atoms with van der Waals surface area (Å²) in [5.41, 5.74) is 9.56. The molecule has 0 unspecified atom stereocenters. The SMILES string of the molecule is Cn1nc(C(=O)NCCCN)c2c1CCN(Cc1ccccc1)C2. The molecule has 0 aliphatic carbocycles. The van der Waals surface area contributed by atoms with Crippen LogP contribution in [-0.2, 0) is 26.6 Å². The maximum atomic E-state index is 12.4. The highest BCUT2D eigenvalue weighted by Crippen LogP contribution is 2.23. The van der Waals surface area contributed by atoms with E-state index in [0.29, 0.717) is 18.8 Å². The Labute approximate surface area is 142 Å². The van der Waals surface area contributed by atoms with Gasteiger partial charge in [-0.25, -0.2) is 0 Å². The summed E-state index contributed by atoms with van der Waals surface area (Å²) in [5.74, 6) is -0.0955. The van der Waals surface area contributed by atoms with Crippen LogP contribution in [0.25, 0.3) is 0 Å². The molecule has 1 aliphatic heterocycles. The molecule has 2 heterocycles. The largest absolute Gasteiger partial charge is 0.351 e. The van der Waals surface area contributed by atoms with Gasteiger partial charge in [-0.2, -0.15) is 5.10 Å². The van der Waals surface area contributed by atoms with Gasteiger partial charge in [-0.1, -0.05) is 30.3 Å². The van der Waals surface area contributed by atoms with E-state index in [2.05, 4.69) is 39.6 Å². The van der Waals surface area contributed by atoms with E-state index in [1.54, 1.807) is 0 Å². The Morgan fingerprint density at radius 3 is 2.88 bits per heavy atom. The third kappa shape index (κ3) is 3.66. The van der Waals surface area contributed by atoms with Crippen LogP contribution in [0, 0.1) is 0 Å². The molecule has 6 nitrogen and oxygen atoms in total. The molecule has 6 heteroatoms. The zero-order valence-corrected chi connectivity index (χ0v) is 14.2. The Morgan fingerprint density at radius 1 is 1.33 bits per heavy atom. The minimum Gasteiger partial charge on any atom is -0.351 e. The fraction of sp³-hybridized carbons (Fsp3) is 0.444. The standard InChI is InChI=1S/C18H25N5O/c1-22-16-8-11-23(12-14-6-3-2-4-7-14)13-15(16)17(21-22)18(24)20-10-5-9-19/h2-4,6-7H,5,8-13,19H2,1H3,(H,20,24). The lowest BCUT2D eigenvalue weighted by Gasteiger charge is -2.27. The van der Waals surface area contributed by atoms with Crippen LogP contribution in [0.5, 0.6) is 0 Å². The molecular formula is C18H25N5O. The van der Waals surface area contributed by atoms with E-state index < -0.39 is 0 Å². The molecule has 1 aromatic carbocycles. The molecule has 24 heavy (non-hydrogen) atoms. The summed E-state index contributed by atoms with van der Waals surface area (Å²) in [7, 11) is 1.92. The summed E-state index contributed by atoms with van der Waals surface area (Å²) >= 11 is 0.